The molecule has 0 unspecified atom stereocenters. The van der Waals surface area contributed by atoms with Gasteiger partial charge in [-0.2, -0.15) is 0 Å². The van der Waals surface area contributed by atoms with Gasteiger partial charge in [-0.3, -0.25) is 4.79 Å². The maximum Gasteiger partial charge on any atom is 0.338 e. The monoisotopic (exact) mass is 299 g/mol. The maximum absolute atomic E-state index is 12.0. The molecule has 114 valence electrons. The lowest BCUT2D eigenvalue weighted by molar-refractivity contribution is -0.123. The lowest BCUT2D eigenvalue weighted by Gasteiger charge is -2.13. The highest BCUT2D eigenvalue weighted by Crippen LogP contribution is 2.10. The fraction of sp³-hybridized carbons (Fsp3) is 0.176. The number of esters is 1. The minimum absolute atomic E-state index is 0.0921. The molecule has 0 saturated carbocycles. The maximum atomic E-state index is 12.0. The van der Waals surface area contributed by atoms with Gasteiger partial charge in [-0.25, -0.2) is 4.79 Å². The van der Waals surface area contributed by atoms with Crippen LogP contribution in [0.15, 0.2) is 54.6 Å². The Morgan fingerprint density at radius 2 is 1.73 bits per heavy atom. The lowest BCUT2D eigenvalue weighted by Crippen LogP contribution is -2.29. The van der Waals surface area contributed by atoms with E-state index in [2.05, 4.69) is 5.32 Å². The Hall–Kier alpha value is -2.66. The standard InChI is InChI=1S/C17H17NO4/c1-12(16(20)18-15-5-3-2-4-6-15)22-17(21)14-9-7-13(11-19)8-10-14/h2-10,12,19H,11H2,1H3,(H,18,20)/t12-/m0/s1. The smallest absolute Gasteiger partial charge is 0.338 e. The first-order chi connectivity index (χ1) is 10.6. The number of hydrogen-bond acceptors (Lipinski definition) is 4. The van der Waals surface area contributed by atoms with Crippen molar-refractivity contribution in [3.8, 4) is 0 Å². The molecule has 2 N–H and O–H groups in total. The van der Waals surface area contributed by atoms with Gasteiger partial charge >= 0.3 is 5.97 Å². The molecule has 2 rings (SSSR count). The van der Waals surface area contributed by atoms with Crippen LogP contribution in [0.3, 0.4) is 0 Å². The molecule has 5 nitrogen and oxygen atoms in total. The summed E-state index contributed by atoms with van der Waals surface area (Å²) in [6.07, 6.45) is -0.912. The number of carbonyl (C=O) groups is 2. The van der Waals surface area contributed by atoms with Crippen LogP contribution in [0.2, 0.25) is 0 Å². The number of aliphatic hydroxyl groups is 1. The number of ether oxygens (including phenoxy) is 1. The van der Waals surface area contributed by atoms with Gasteiger partial charge in [0.05, 0.1) is 12.2 Å². The molecule has 22 heavy (non-hydrogen) atoms. The number of benzene rings is 2. The molecule has 2 aromatic rings. The summed E-state index contributed by atoms with van der Waals surface area (Å²) in [6, 6.07) is 15.3. The van der Waals surface area contributed by atoms with Crippen LogP contribution in [0.1, 0.15) is 22.8 Å². The van der Waals surface area contributed by atoms with E-state index in [-0.39, 0.29) is 6.61 Å². The Bertz CT molecular complexity index is 637. The van der Waals surface area contributed by atoms with Crippen LogP contribution in [0.5, 0.6) is 0 Å². The van der Waals surface area contributed by atoms with Crippen molar-refractivity contribution in [3.63, 3.8) is 0 Å². The SMILES string of the molecule is C[C@H](OC(=O)c1ccc(CO)cc1)C(=O)Nc1ccccc1. The van der Waals surface area contributed by atoms with Crippen molar-refractivity contribution in [3.05, 3.63) is 65.7 Å². The zero-order chi connectivity index (χ0) is 15.9. The quantitative estimate of drug-likeness (QED) is 0.831. The van der Waals surface area contributed by atoms with Gasteiger partial charge in [0, 0.05) is 5.69 Å². The van der Waals surface area contributed by atoms with Crippen LogP contribution in [0.25, 0.3) is 0 Å². The molecule has 1 atom stereocenters. The molecule has 0 fully saturated rings. The molecule has 5 heteroatoms. The van der Waals surface area contributed by atoms with E-state index >= 15 is 0 Å². The van der Waals surface area contributed by atoms with Crippen LogP contribution in [0, 0.1) is 0 Å². The van der Waals surface area contributed by atoms with E-state index < -0.39 is 18.0 Å². The van der Waals surface area contributed by atoms with E-state index in [4.69, 9.17) is 9.84 Å². The Morgan fingerprint density at radius 1 is 1.09 bits per heavy atom. The van der Waals surface area contributed by atoms with E-state index in [1.165, 1.54) is 6.92 Å². The largest absolute Gasteiger partial charge is 0.449 e. The second-order valence-electron chi connectivity index (χ2n) is 4.76. The van der Waals surface area contributed by atoms with Crippen molar-refractivity contribution in [2.24, 2.45) is 0 Å². The van der Waals surface area contributed by atoms with Crippen molar-refractivity contribution in [2.75, 3.05) is 5.32 Å². The number of rotatable bonds is 5. The molecule has 2 aromatic carbocycles. The second-order valence-corrected chi connectivity index (χ2v) is 4.76. The first kappa shape index (κ1) is 15.7. The van der Waals surface area contributed by atoms with Crippen molar-refractivity contribution >= 4 is 17.6 Å². The molecule has 0 aliphatic carbocycles. The summed E-state index contributed by atoms with van der Waals surface area (Å²) >= 11 is 0. The predicted molar refractivity (Wildman–Crippen MR) is 82.3 cm³/mol. The fourth-order valence-corrected chi connectivity index (χ4v) is 1.79. The Labute approximate surface area is 128 Å². The second kappa shape index (κ2) is 7.38. The number of hydrogen-bond donors (Lipinski definition) is 2. The van der Waals surface area contributed by atoms with Crippen LogP contribution >= 0.6 is 0 Å². The summed E-state index contributed by atoms with van der Waals surface area (Å²) in [4.78, 5) is 23.9. The van der Waals surface area contributed by atoms with Crippen LogP contribution in [-0.4, -0.2) is 23.1 Å². The summed E-state index contributed by atoms with van der Waals surface area (Å²) in [5.41, 5.74) is 1.67. The molecular weight excluding hydrogens is 282 g/mol. The Kier molecular flexibility index (Phi) is 5.27. The normalized spacial score (nSPS) is 11.5. The number of aliphatic hydroxyl groups excluding tert-OH is 1. The van der Waals surface area contributed by atoms with Gasteiger partial charge in [0.15, 0.2) is 6.10 Å². The molecule has 0 spiro atoms. The molecule has 0 aromatic heterocycles. The van der Waals surface area contributed by atoms with Crippen molar-refractivity contribution in [1.82, 2.24) is 0 Å². The topological polar surface area (TPSA) is 75.6 Å². The molecule has 0 aliphatic heterocycles. The lowest BCUT2D eigenvalue weighted by atomic mass is 10.1. The molecule has 0 radical (unpaired) electrons. The van der Waals surface area contributed by atoms with Gasteiger partial charge in [0.2, 0.25) is 0 Å². The highest BCUT2D eigenvalue weighted by molar-refractivity contribution is 5.97. The average molecular weight is 299 g/mol. The summed E-state index contributed by atoms with van der Waals surface area (Å²) in [5.74, 6) is -0.980. The minimum Gasteiger partial charge on any atom is -0.449 e. The first-order valence-electron chi connectivity index (χ1n) is 6.87. The summed E-state index contributed by atoms with van der Waals surface area (Å²) in [5, 5.41) is 11.6. The molecule has 0 heterocycles. The van der Waals surface area contributed by atoms with Gasteiger partial charge in [-0.1, -0.05) is 30.3 Å². The van der Waals surface area contributed by atoms with Crippen LogP contribution in [0.4, 0.5) is 5.69 Å². The number of amides is 1. The number of anilines is 1. The molecular formula is C17H17NO4. The van der Waals surface area contributed by atoms with Crippen LogP contribution in [-0.2, 0) is 16.1 Å². The first-order valence-corrected chi connectivity index (χ1v) is 6.87. The molecule has 0 bridgehead atoms. The van der Waals surface area contributed by atoms with Crippen molar-refractivity contribution in [2.45, 2.75) is 19.6 Å². The molecule has 0 saturated heterocycles. The van der Waals surface area contributed by atoms with Gasteiger partial charge in [-0.15, -0.1) is 0 Å². The zero-order valence-corrected chi connectivity index (χ0v) is 12.2. The third-order valence-electron chi connectivity index (χ3n) is 3.07. The minimum atomic E-state index is -0.912. The third kappa shape index (κ3) is 4.17. The Balaban J connectivity index is 1.93. The van der Waals surface area contributed by atoms with E-state index in [0.717, 1.165) is 0 Å². The molecule has 0 aliphatic rings. The van der Waals surface area contributed by atoms with Crippen molar-refractivity contribution in [1.29, 1.82) is 0 Å². The predicted octanol–water partition coefficient (Wildman–Crippen LogP) is 2.36. The van der Waals surface area contributed by atoms with Crippen molar-refractivity contribution < 1.29 is 19.4 Å². The number of para-hydroxylation sites is 1. The van der Waals surface area contributed by atoms with Gasteiger partial charge in [0.1, 0.15) is 0 Å². The van der Waals surface area contributed by atoms with Gasteiger partial charge < -0.3 is 15.2 Å². The number of carbonyl (C=O) groups excluding carboxylic acids is 2. The summed E-state index contributed by atoms with van der Waals surface area (Å²) in [7, 11) is 0. The third-order valence-corrected chi connectivity index (χ3v) is 3.07. The van der Waals surface area contributed by atoms with Crippen LogP contribution < -0.4 is 5.32 Å². The summed E-state index contributed by atoms with van der Waals surface area (Å²) in [6.45, 7) is 1.42. The Morgan fingerprint density at radius 3 is 2.32 bits per heavy atom. The van der Waals surface area contributed by atoms with E-state index in [9.17, 15) is 9.59 Å². The molecule has 1 amide bonds. The van der Waals surface area contributed by atoms with E-state index in [0.29, 0.717) is 16.8 Å². The zero-order valence-electron chi connectivity index (χ0n) is 12.2. The summed E-state index contributed by atoms with van der Waals surface area (Å²) < 4.78 is 5.13. The van der Waals surface area contributed by atoms with Gasteiger partial charge in [0.25, 0.3) is 5.91 Å². The highest BCUT2D eigenvalue weighted by Gasteiger charge is 2.18. The number of nitrogens with one attached hydrogen (secondary N) is 1. The fourth-order valence-electron chi connectivity index (χ4n) is 1.79. The average Bonchev–Trinajstić information content (AvgIpc) is 2.55. The highest BCUT2D eigenvalue weighted by atomic mass is 16.5. The van der Waals surface area contributed by atoms with Gasteiger partial charge in [-0.05, 0) is 36.8 Å². The van der Waals surface area contributed by atoms with E-state index in [1.54, 1.807) is 48.5 Å². The van der Waals surface area contributed by atoms with E-state index in [1.807, 2.05) is 6.07 Å².